The summed E-state index contributed by atoms with van der Waals surface area (Å²) >= 11 is 0. The van der Waals surface area contributed by atoms with Gasteiger partial charge in [0.15, 0.2) is 23.7 Å². The van der Waals surface area contributed by atoms with E-state index >= 15 is 0 Å². The molecule has 2 aliphatic rings. The fourth-order valence-corrected chi connectivity index (χ4v) is 3.32. The van der Waals surface area contributed by atoms with Crippen molar-refractivity contribution in [2.75, 3.05) is 44.8 Å². The van der Waals surface area contributed by atoms with Crippen molar-refractivity contribution in [2.45, 2.75) is 6.92 Å². The summed E-state index contributed by atoms with van der Waals surface area (Å²) in [6.07, 6.45) is 2.61. The maximum atomic E-state index is 12.5. The predicted molar refractivity (Wildman–Crippen MR) is 100 cm³/mol. The first-order valence-corrected chi connectivity index (χ1v) is 9.16. The number of nitrogens with one attached hydrogen (secondary N) is 1. The van der Waals surface area contributed by atoms with E-state index in [4.69, 9.17) is 13.9 Å². The highest BCUT2D eigenvalue weighted by atomic mass is 16.7. The van der Waals surface area contributed by atoms with E-state index in [2.05, 4.69) is 10.3 Å². The Morgan fingerprint density at radius 3 is 2.48 bits per heavy atom. The van der Waals surface area contributed by atoms with E-state index in [9.17, 15) is 14.4 Å². The molecule has 0 atom stereocenters. The van der Waals surface area contributed by atoms with Crippen LogP contribution in [-0.2, 0) is 4.79 Å². The smallest absolute Gasteiger partial charge is 0.291 e. The molecule has 10 heteroatoms. The lowest BCUT2D eigenvalue weighted by atomic mass is 10.1. The number of aromatic nitrogens is 1. The maximum absolute atomic E-state index is 12.5. The van der Waals surface area contributed by atoms with Gasteiger partial charge in [-0.2, -0.15) is 0 Å². The van der Waals surface area contributed by atoms with Crippen LogP contribution in [0.5, 0.6) is 11.5 Å². The van der Waals surface area contributed by atoms with E-state index in [1.54, 1.807) is 17.0 Å². The van der Waals surface area contributed by atoms with Gasteiger partial charge in [0.25, 0.3) is 5.91 Å². The minimum atomic E-state index is -0.249. The molecule has 2 aliphatic heterocycles. The summed E-state index contributed by atoms with van der Waals surface area (Å²) in [5, 5.41) is 2.78. The van der Waals surface area contributed by atoms with E-state index in [-0.39, 0.29) is 36.7 Å². The number of anilines is 1. The molecule has 10 nitrogen and oxygen atoms in total. The topological polar surface area (TPSA) is 114 Å². The van der Waals surface area contributed by atoms with Gasteiger partial charge < -0.3 is 24.1 Å². The SMILES string of the molecule is CC(=O)c1cc2c(cc1NC(=O)CN1CCN(C(=O)c3cnco3)CC1)OCO2. The standard InChI is InChI=1S/C19H20N4O6/c1-12(24)13-6-15-16(29-11-28-15)7-14(13)21-18(25)9-22-2-4-23(5-3-22)19(26)17-8-20-10-27-17/h6-8,10H,2-5,9,11H2,1H3,(H,21,25). The first kappa shape index (κ1) is 18.9. The van der Waals surface area contributed by atoms with E-state index in [1.807, 2.05) is 4.90 Å². The molecule has 1 saturated heterocycles. The first-order valence-electron chi connectivity index (χ1n) is 9.16. The molecule has 152 valence electrons. The molecule has 2 amide bonds. The van der Waals surface area contributed by atoms with Crippen LogP contribution in [0.25, 0.3) is 0 Å². The molecule has 0 unspecified atom stereocenters. The molecule has 1 aromatic heterocycles. The molecular weight excluding hydrogens is 380 g/mol. The fraction of sp³-hybridized carbons (Fsp3) is 0.368. The van der Waals surface area contributed by atoms with Crippen LogP contribution in [0.4, 0.5) is 5.69 Å². The number of oxazole rings is 1. The monoisotopic (exact) mass is 400 g/mol. The lowest BCUT2D eigenvalue weighted by Crippen LogP contribution is -2.50. The van der Waals surface area contributed by atoms with Crippen LogP contribution in [0.15, 0.2) is 29.1 Å². The zero-order valence-corrected chi connectivity index (χ0v) is 15.8. The Labute approximate surface area is 166 Å². The van der Waals surface area contributed by atoms with Crippen molar-refractivity contribution in [3.8, 4) is 11.5 Å². The normalized spacial score (nSPS) is 16.0. The molecule has 0 spiro atoms. The molecule has 0 bridgehead atoms. The number of Topliss-reactive ketones (excluding diaryl/α,β-unsaturated/α-hetero) is 1. The van der Waals surface area contributed by atoms with Crippen molar-refractivity contribution in [1.82, 2.24) is 14.8 Å². The number of fused-ring (bicyclic) bond motifs is 1. The molecule has 29 heavy (non-hydrogen) atoms. The predicted octanol–water partition coefficient (Wildman–Crippen LogP) is 1.00. The average molecular weight is 400 g/mol. The third-order valence-corrected chi connectivity index (χ3v) is 4.84. The second kappa shape index (κ2) is 7.92. The number of hydrogen-bond donors (Lipinski definition) is 1. The zero-order chi connectivity index (χ0) is 20.4. The summed E-state index contributed by atoms with van der Waals surface area (Å²) < 4.78 is 15.7. The second-order valence-corrected chi connectivity index (χ2v) is 6.79. The minimum Gasteiger partial charge on any atom is -0.454 e. The molecule has 0 aliphatic carbocycles. The highest BCUT2D eigenvalue weighted by Crippen LogP contribution is 2.37. The van der Waals surface area contributed by atoms with E-state index in [0.717, 1.165) is 0 Å². The van der Waals surface area contributed by atoms with Gasteiger partial charge in [0.05, 0.1) is 18.4 Å². The van der Waals surface area contributed by atoms with Crippen molar-refractivity contribution in [3.63, 3.8) is 0 Å². The second-order valence-electron chi connectivity index (χ2n) is 6.79. The molecule has 2 aromatic rings. The maximum Gasteiger partial charge on any atom is 0.291 e. The van der Waals surface area contributed by atoms with Gasteiger partial charge in [-0.25, -0.2) is 4.98 Å². The molecular formula is C19H20N4O6. The quantitative estimate of drug-likeness (QED) is 0.740. The van der Waals surface area contributed by atoms with Crippen molar-refractivity contribution in [2.24, 2.45) is 0 Å². The van der Waals surface area contributed by atoms with Crippen LogP contribution < -0.4 is 14.8 Å². The summed E-state index contributed by atoms with van der Waals surface area (Å²) in [6, 6.07) is 3.18. The number of nitrogens with zero attached hydrogens (tertiary/aromatic N) is 3. The third-order valence-electron chi connectivity index (χ3n) is 4.84. The van der Waals surface area contributed by atoms with Crippen molar-refractivity contribution < 1.29 is 28.3 Å². The van der Waals surface area contributed by atoms with Gasteiger partial charge in [-0.1, -0.05) is 0 Å². The van der Waals surface area contributed by atoms with Crippen molar-refractivity contribution in [3.05, 3.63) is 36.0 Å². The van der Waals surface area contributed by atoms with Gasteiger partial charge in [-0.3, -0.25) is 19.3 Å². The molecule has 0 radical (unpaired) electrons. The number of piperazine rings is 1. The van der Waals surface area contributed by atoms with E-state index in [0.29, 0.717) is 48.9 Å². The van der Waals surface area contributed by atoms with Gasteiger partial charge in [0.1, 0.15) is 0 Å². The summed E-state index contributed by atoms with van der Waals surface area (Å²) in [6.45, 7) is 3.72. The van der Waals surface area contributed by atoms with Crippen LogP contribution in [0.3, 0.4) is 0 Å². The summed E-state index contributed by atoms with van der Waals surface area (Å²) in [4.78, 5) is 44.1. The van der Waals surface area contributed by atoms with Crippen molar-refractivity contribution in [1.29, 1.82) is 0 Å². The molecule has 0 saturated carbocycles. The number of carbonyl (C=O) groups is 3. The molecule has 1 aromatic carbocycles. The number of ether oxygens (including phenoxy) is 2. The fourth-order valence-electron chi connectivity index (χ4n) is 3.32. The van der Waals surface area contributed by atoms with E-state index in [1.165, 1.54) is 19.5 Å². The van der Waals surface area contributed by atoms with Gasteiger partial charge in [-0.15, -0.1) is 0 Å². The van der Waals surface area contributed by atoms with Gasteiger partial charge in [0, 0.05) is 37.8 Å². The largest absolute Gasteiger partial charge is 0.454 e. The van der Waals surface area contributed by atoms with Crippen LogP contribution >= 0.6 is 0 Å². The van der Waals surface area contributed by atoms with Crippen LogP contribution in [-0.4, -0.2) is 71.9 Å². The Kier molecular flexibility index (Phi) is 5.17. The summed E-state index contributed by atoms with van der Waals surface area (Å²) in [7, 11) is 0. The summed E-state index contributed by atoms with van der Waals surface area (Å²) in [5.74, 6) is 0.541. The van der Waals surface area contributed by atoms with Crippen LogP contribution in [0, 0.1) is 0 Å². The van der Waals surface area contributed by atoms with E-state index < -0.39 is 0 Å². The highest BCUT2D eigenvalue weighted by molar-refractivity contribution is 6.05. The lowest BCUT2D eigenvalue weighted by molar-refractivity contribution is -0.117. The Morgan fingerprint density at radius 1 is 1.10 bits per heavy atom. The zero-order valence-electron chi connectivity index (χ0n) is 15.8. The van der Waals surface area contributed by atoms with Crippen molar-refractivity contribution >= 4 is 23.3 Å². The Hall–Kier alpha value is -3.40. The number of amides is 2. The minimum absolute atomic E-state index is 0.0845. The number of hydrogen-bond acceptors (Lipinski definition) is 8. The molecule has 4 rings (SSSR count). The number of rotatable bonds is 5. The first-order chi connectivity index (χ1) is 14.0. The lowest BCUT2D eigenvalue weighted by Gasteiger charge is -2.33. The number of ketones is 1. The average Bonchev–Trinajstić information content (AvgIpc) is 3.39. The Morgan fingerprint density at radius 2 is 1.83 bits per heavy atom. The highest BCUT2D eigenvalue weighted by Gasteiger charge is 2.26. The molecule has 3 heterocycles. The van der Waals surface area contributed by atoms with Gasteiger partial charge in [0.2, 0.25) is 18.5 Å². The number of carbonyl (C=O) groups excluding carboxylic acids is 3. The van der Waals surface area contributed by atoms with Crippen LogP contribution in [0.2, 0.25) is 0 Å². The molecule has 1 N–H and O–H groups in total. The Bertz CT molecular complexity index is 934. The van der Waals surface area contributed by atoms with Gasteiger partial charge >= 0.3 is 0 Å². The Balaban J connectivity index is 1.34. The number of benzene rings is 1. The van der Waals surface area contributed by atoms with Crippen LogP contribution in [0.1, 0.15) is 27.8 Å². The van der Waals surface area contributed by atoms with Gasteiger partial charge in [-0.05, 0) is 13.0 Å². The molecule has 1 fully saturated rings. The summed E-state index contributed by atoms with van der Waals surface area (Å²) in [5.41, 5.74) is 0.760. The third kappa shape index (κ3) is 4.06.